The van der Waals surface area contributed by atoms with Gasteiger partial charge in [0, 0.05) is 13.1 Å². The number of hydrogen-bond acceptors (Lipinski definition) is 3. The van der Waals surface area contributed by atoms with Crippen molar-refractivity contribution in [2.45, 2.75) is 32.1 Å². The Morgan fingerprint density at radius 2 is 2.28 bits per heavy atom. The minimum absolute atomic E-state index is 0.181. The van der Waals surface area contributed by atoms with Gasteiger partial charge in [-0.3, -0.25) is 4.90 Å². The van der Waals surface area contributed by atoms with Crippen molar-refractivity contribution in [2.24, 2.45) is 0 Å². The number of ether oxygens (including phenoxy) is 1. The molecule has 0 aliphatic carbocycles. The second-order valence-corrected chi connectivity index (χ2v) is 4.56. The molecule has 1 N–H and O–H groups in total. The second kappa shape index (κ2) is 6.11. The number of piperidine rings is 1. The number of aliphatic hydroxyl groups is 1. The molecule has 1 aliphatic rings. The summed E-state index contributed by atoms with van der Waals surface area (Å²) in [5.74, 6) is 0.181. The van der Waals surface area contributed by atoms with Crippen LogP contribution in [-0.2, 0) is 6.54 Å². The number of hydrogen-bond donors (Lipinski definition) is 1. The van der Waals surface area contributed by atoms with Crippen LogP contribution in [0, 0.1) is 0 Å². The van der Waals surface area contributed by atoms with Crippen LogP contribution in [0.4, 0.5) is 8.78 Å². The molecule has 100 valence electrons. The summed E-state index contributed by atoms with van der Waals surface area (Å²) in [5, 5.41) is 9.57. The van der Waals surface area contributed by atoms with Crippen LogP contribution >= 0.6 is 0 Å². The first-order valence-corrected chi connectivity index (χ1v) is 6.07. The van der Waals surface area contributed by atoms with Crippen LogP contribution in [-0.4, -0.2) is 35.8 Å². The Morgan fingerprint density at radius 1 is 1.44 bits per heavy atom. The minimum atomic E-state index is -2.79. The van der Waals surface area contributed by atoms with Crippen molar-refractivity contribution in [1.29, 1.82) is 0 Å². The van der Waals surface area contributed by atoms with Crippen molar-refractivity contribution in [3.8, 4) is 5.75 Å². The van der Waals surface area contributed by atoms with Gasteiger partial charge in [-0.15, -0.1) is 0 Å². The molecule has 1 saturated heterocycles. The molecule has 1 heterocycles. The molecule has 0 radical (unpaired) electrons. The van der Waals surface area contributed by atoms with E-state index in [-0.39, 0.29) is 11.9 Å². The van der Waals surface area contributed by atoms with Crippen molar-refractivity contribution in [2.75, 3.05) is 13.1 Å². The third-order valence-corrected chi connectivity index (χ3v) is 3.01. The van der Waals surface area contributed by atoms with Crippen LogP contribution in [0.25, 0.3) is 0 Å². The van der Waals surface area contributed by atoms with E-state index >= 15 is 0 Å². The Balaban J connectivity index is 1.96. The van der Waals surface area contributed by atoms with E-state index in [2.05, 4.69) is 9.64 Å². The maximum absolute atomic E-state index is 12.1. The van der Waals surface area contributed by atoms with Crippen molar-refractivity contribution in [3.05, 3.63) is 29.8 Å². The van der Waals surface area contributed by atoms with Crippen LogP contribution in [0.2, 0.25) is 0 Å². The lowest BCUT2D eigenvalue weighted by molar-refractivity contribution is -0.0499. The van der Waals surface area contributed by atoms with E-state index in [9.17, 15) is 13.9 Å². The molecule has 0 aromatic heterocycles. The molecule has 1 aromatic carbocycles. The molecular weight excluding hydrogens is 240 g/mol. The highest BCUT2D eigenvalue weighted by atomic mass is 19.3. The van der Waals surface area contributed by atoms with Crippen LogP contribution in [0.15, 0.2) is 24.3 Å². The molecule has 1 unspecified atom stereocenters. The average molecular weight is 257 g/mol. The van der Waals surface area contributed by atoms with Crippen molar-refractivity contribution in [1.82, 2.24) is 4.90 Å². The lowest BCUT2D eigenvalue weighted by atomic mass is 10.1. The quantitative estimate of drug-likeness (QED) is 0.898. The maximum atomic E-state index is 12.1. The molecular formula is C13H17F2NO2. The number of nitrogens with zero attached hydrogens (tertiary/aromatic N) is 1. The van der Waals surface area contributed by atoms with Crippen molar-refractivity contribution >= 4 is 0 Å². The summed E-state index contributed by atoms with van der Waals surface area (Å²) in [5.41, 5.74) is 0.919. The molecule has 0 saturated carbocycles. The largest absolute Gasteiger partial charge is 0.435 e. The number of benzene rings is 1. The number of β-amino-alcohol motifs (C(OH)–C–C–N with tert-alkyl or cyclic N) is 1. The highest BCUT2D eigenvalue weighted by Gasteiger charge is 2.17. The highest BCUT2D eigenvalue weighted by molar-refractivity contribution is 5.28. The molecule has 0 amide bonds. The molecule has 1 aromatic rings. The Morgan fingerprint density at radius 3 is 3.00 bits per heavy atom. The van der Waals surface area contributed by atoms with Gasteiger partial charge < -0.3 is 9.84 Å². The molecule has 0 bridgehead atoms. The summed E-state index contributed by atoms with van der Waals surface area (Å²) in [6.07, 6.45) is 1.53. The lowest BCUT2D eigenvalue weighted by Crippen LogP contribution is -2.37. The number of alkyl halides is 2. The highest BCUT2D eigenvalue weighted by Crippen LogP contribution is 2.19. The van der Waals surface area contributed by atoms with Gasteiger partial charge in [-0.2, -0.15) is 8.78 Å². The fraction of sp³-hybridized carbons (Fsp3) is 0.538. The van der Waals surface area contributed by atoms with E-state index in [0.717, 1.165) is 24.9 Å². The van der Waals surface area contributed by atoms with Gasteiger partial charge in [0.2, 0.25) is 0 Å². The summed E-state index contributed by atoms with van der Waals surface area (Å²) in [6, 6.07) is 6.71. The van der Waals surface area contributed by atoms with E-state index in [4.69, 9.17) is 0 Å². The summed E-state index contributed by atoms with van der Waals surface area (Å²) >= 11 is 0. The summed E-state index contributed by atoms with van der Waals surface area (Å²) in [4.78, 5) is 2.12. The average Bonchev–Trinajstić information content (AvgIpc) is 2.28. The van der Waals surface area contributed by atoms with Gasteiger partial charge in [-0.25, -0.2) is 0 Å². The van der Waals surface area contributed by atoms with Gasteiger partial charge >= 0.3 is 6.61 Å². The lowest BCUT2D eigenvalue weighted by Gasteiger charge is -2.30. The predicted octanol–water partition coefficient (Wildman–Crippen LogP) is 2.24. The van der Waals surface area contributed by atoms with Gasteiger partial charge in [0.15, 0.2) is 0 Å². The number of rotatable bonds is 4. The van der Waals surface area contributed by atoms with Gasteiger partial charge in [-0.05, 0) is 37.1 Å². The maximum Gasteiger partial charge on any atom is 0.387 e. The zero-order valence-corrected chi connectivity index (χ0v) is 10.1. The molecule has 5 heteroatoms. The van der Waals surface area contributed by atoms with E-state index in [1.54, 1.807) is 12.1 Å². The van der Waals surface area contributed by atoms with Crippen LogP contribution < -0.4 is 4.74 Å². The molecule has 18 heavy (non-hydrogen) atoms. The van der Waals surface area contributed by atoms with E-state index in [1.807, 2.05) is 6.07 Å². The molecule has 1 fully saturated rings. The smallest absolute Gasteiger partial charge is 0.387 e. The van der Waals surface area contributed by atoms with Crippen molar-refractivity contribution in [3.63, 3.8) is 0 Å². The van der Waals surface area contributed by atoms with Gasteiger partial charge in [0.25, 0.3) is 0 Å². The molecule has 2 rings (SSSR count). The number of halogens is 2. The predicted molar refractivity (Wildman–Crippen MR) is 63.6 cm³/mol. The Kier molecular flexibility index (Phi) is 4.49. The van der Waals surface area contributed by atoms with Crippen LogP contribution in [0.3, 0.4) is 0 Å². The first kappa shape index (κ1) is 13.2. The number of likely N-dealkylation sites (tertiary alicyclic amines) is 1. The summed E-state index contributed by atoms with van der Waals surface area (Å²) < 4.78 is 28.6. The van der Waals surface area contributed by atoms with Gasteiger partial charge in [0.05, 0.1) is 6.10 Å². The standard InChI is InChI=1S/C13H17F2NO2/c14-13(15)18-12-5-1-3-10(7-12)8-16-6-2-4-11(17)9-16/h1,3,5,7,11,13,17H,2,4,6,8-9H2. The van der Waals surface area contributed by atoms with Crippen molar-refractivity contribution < 1.29 is 18.6 Å². The fourth-order valence-corrected chi connectivity index (χ4v) is 2.25. The van der Waals surface area contributed by atoms with E-state index in [1.165, 1.54) is 6.07 Å². The monoisotopic (exact) mass is 257 g/mol. The summed E-state index contributed by atoms with van der Waals surface area (Å²) in [7, 11) is 0. The molecule has 3 nitrogen and oxygen atoms in total. The normalized spacial score (nSPS) is 21.2. The molecule has 1 atom stereocenters. The van der Waals surface area contributed by atoms with Gasteiger partial charge in [-0.1, -0.05) is 12.1 Å². The third kappa shape index (κ3) is 3.92. The first-order chi connectivity index (χ1) is 8.63. The summed E-state index contributed by atoms with van der Waals surface area (Å²) in [6.45, 7) is -0.578. The first-order valence-electron chi connectivity index (χ1n) is 6.07. The number of aliphatic hydroxyl groups excluding tert-OH is 1. The van der Waals surface area contributed by atoms with E-state index < -0.39 is 6.61 Å². The Labute approximate surface area is 105 Å². The third-order valence-electron chi connectivity index (χ3n) is 3.01. The van der Waals surface area contributed by atoms with E-state index in [0.29, 0.717) is 13.1 Å². The molecule has 0 spiro atoms. The zero-order chi connectivity index (χ0) is 13.0. The SMILES string of the molecule is OC1CCCN(Cc2cccc(OC(F)F)c2)C1. The van der Waals surface area contributed by atoms with Crippen LogP contribution in [0.5, 0.6) is 5.75 Å². The minimum Gasteiger partial charge on any atom is -0.435 e. The Hall–Kier alpha value is -1.20. The fourth-order valence-electron chi connectivity index (χ4n) is 2.25. The van der Waals surface area contributed by atoms with Crippen LogP contribution in [0.1, 0.15) is 18.4 Å². The topological polar surface area (TPSA) is 32.7 Å². The zero-order valence-electron chi connectivity index (χ0n) is 10.1. The molecule has 1 aliphatic heterocycles. The Bertz CT molecular complexity index is 387. The second-order valence-electron chi connectivity index (χ2n) is 4.56. The van der Waals surface area contributed by atoms with Gasteiger partial charge in [0.1, 0.15) is 5.75 Å².